The quantitative estimate of drug-likeness (QED) is 0.744. The van der Waals surface area contributed by atoms with Crippen molar-refractivity contribution in [2.75, 3.05) is 12.3 Å². The maximum atomic E-state index is 11.8. The van der Waals surface area contributed by atoms with Gasteiger partial charge in [0.2, 0.25) is 0 Å². The Hall–Kier alpha value is -1.52. The monoisotopic (exact) mass is 236 g/mol. The Labute approximate surface area is 101 Å². The number of carbonyl (C=O) groups excluding carboxylic acids is 1. The Morgan fingerprint density at radius 2 is 2.47 bits per heavy atom. The van der Waals surface area contributed by atoms with E-state index >= 15 is 0 Å². The summed E-state index contributed by atoms with van der Waals surface area (Å²) >= 11 is 0. The number of aromatic nitrogens is 2. The number of nitrogens with one attached hydrogen (secondary N) is 2. The van der Waals surface area contributed by atoms with Gasteiger partial charge in [-0.15, -0.1) is 0 Å². The highest BCUT2D eigenvalue weighted by atomic mass is 16.1. The van der Waals surface area contributed by atoms with E-state index in [-0.39, 0.29) is 5.91 Å². The molecule has 2 unspecified atom stereocenters. The minimum absolute atomic E-state index is 0.130. The minimum Gasteiger partial charge on any atom is -0.383 e. The third kappa shape index (κ3) is 2.99. The Bertz CT molecular complexity index is 388. The molecule has 5 nitrogen and oxygen atoms in total. The Kier molecular flexibility index (Phi) is 3.66. The minimum atomic E-state index is -0.130. The van der Waals surface area contributed by atoms with Crippen LogP contribution < -0.4 is 11.1 Å². The molecule has 1 amide bonds. The third-order valence-electron chi connectivity index (χ3n) is 3.51. The maximum Gasteiger partial charge on any atom is 0.256 e. The van der Waals surface area contributed by atoms with Crippen molar-refractivity contribution in [2.45, 2.75) is 32.6 Å². The number of nitrogens with two attached hydrogens (primary N) is 1. The molecule has 2 rings (SSSR count). The van der Waals surface area contributed by atoms with Gasteiger partial charge in [0.25, 0.3) is 5.91 Å². The molecule has 1 aromatic rings. The van der Waals surface area contributed by atoms with E-state index in [1.54, 1.807) is 0 Å². The fourth-order valence-corrected chi connectivity index (χ4v) is 2.55. The predicted octanol–water partition coefficient (Wildman–Crippen LogP) is 1.55. The van der Waals surface area contributed by atoms with E-state index < -0.39 is 0 Å². The summed E-state index contributed by atoms with van der Waals surface area (Å²) in [6, 6.07) is 0. The third-order valence-corrected chi connectivity index (χ3v) is 3.51. The first-order valence-corrected chi connectivity index (χ1v) is 6.24. The molecule has 1 heterocycles. The lowest BCUT2D eigenvalue weighted by atomic mass is 9.82. The van der Waals surface area contributed by atoms with Gasteiger partial charge < -0.3 is 11.1 Å². The van der Waals surface area contributed by atoms with Crippen molar-refractivity contribution in [3.05, 3.63) is 11.8 Å². The van der Waals surface area contributed by atoms with Gasteiger partial charge in [-0.3, -0.25) is 9.89 Å². The van der Waals surface area contributed by atoms with E-state index in [1.165, 1.54) is 31.9 Å². The van der Waals surface area contributed by atoms with Gasteiger partial charge in [0.05, 0.1) is 6.20 Å². The predicted molar refractivity (Wildman–Crippen MR) is 66.5 cm³/mol. The molecule has 0 spiro atoms. The van der Waals surface area contributed by atoms with E-state index in [4.69, 9.17) is 5.73 Å². The zero-order valence-corrected chi connectivity index (χ0v) is 10.2. The molecule has 2 atom stereocenters. The molecule has 0 bridgehead atoms. The Morgan fingerprint density at radius 1 is 1.65 bits per heavy atom. The molecule has 4 N–H and O–H groups in total. The molecule has 0 radical (unpaired) electrons. The molecular formula is C12H20N4O. The van der Waals surface area contributed by atoms with Crippen LogP contribution in [0.3, 0.4) is 0 Å². The van der Waals surface area contributed by atoms with Gasteiger partial charge >= 0.3 is 0 Å². The number of nitrogens with zero attached hydrogens (tertiary/aromatic N) is 1. The standard InChI is InChI=1S/C12H20N4O/c1-8-3-2-4-9(5-8)6-14-12(17)10-7-15-16-11(10)13/h7-9H,2-6H2,1H3,(H,14,17)(H3,13,15,16). The average Bonchev–Trinajstić information content (AvgIpc) is 2.72. The van der Waals surface area contributed by atoms with E-state index in [1.807, 2.05) is 0 Å². The topological polar surface area (TPSA) is 83.8 Å². The summed E-state index contributed by atoms with van der Waals surface area (Å²) in [6.07, 6.45) is 6.48. The maximum absolute atomic E-state index is 11.8. The normalized spacial score (nSPS) is 24.5. The second-order valence-corrected chi connectivity index (χ2v) is 5.05. The summed E-state index contributed by atoms with van der Waals surface area (Å²) in [5, 5.41) is 9.24. The van der Waals surface area contributed by atoms with Gasteiger partial charge in [-0.2, -0.15) is 5.10 Å². The first-order valence-electron chi connectivity index (χ1n) is 6.24. The van der Waals surface area contributed by atoms with Crippen LogP contribution in [0.2, 0.25) is 0 Å². The van der Waals surface area contributed by atoms with E-state index in [2.05, 4.69) is 22.4 Å². The summed E-state index contributed by atoms with van der Waals surface area (Å²) in [7, 11) is 0. The zero-order chi connectivity index (χ0) is 12.3. The Balaban J connectivity index is 1.82. The van der Waals surface area contributed by atoms with Crippen LogP contribution in [-0.4, -0.2) is 22.6 Å². The van der Waals surface area contributed by atoms with E-state index in [9.17, 15) is 4.79 Å². The van der Waals surface area contributed by atoms with E-state index in [0.717, 1.165) is 12.5 Å². The highest BCUT2D eigenvalue weighted by molar-refractivity contribution is 5.98. The molecular weight excluding hydrogens is 216 g/mol. The first-order chi connectivity index (χ1) is 8.16. The number of rotatable bonds is 3. The Morgan fingerprint density at radius 3 is 3.12 bits per heavy atom. The lowest BCUT2D eigenvalue weighted by molar-refractivity contribution is 0.0941. The SMILES string of the molecule is CC1CCCC(CNC(=O)c2cn[nH]c2N)C1. The van der Waals surface area contributed by atoms with Crippen molar-refractivity contribution < 1.29 is 4.79 Å². The smallest absolute Gasteiger partial charge is 0.256 e. The van der Waals surface area contributed by atoms with Crippen LogP contribution in [0, 0.1) is 11.8 Å². The molecule has 1 aliphatic rings. The van der Waals surface area contributed by atoms with Crippen molar-refractivity contribution in [1.82, 2.24) is 15.5 Å². The van der Waals surface area contributed by atoms with Gasteiger partial charge in [0.15, 0.2) is 0 Å². The first kappa shape index (κ1) is 12.0. The molecule has 0 aliphatic heterocycles. The molecule has 1 fully saturated rings. The number of anilines is 1. The fourth-order valence-electron chi connectivity index (χ4n) is 2.55. The van der Waals surface area contributed by atoms with Crippen molar-refractivity contribution in [3.8, 4) is 0 Å². The number of hydrogen-bond acceptors (Lipinski definition) is 3. The van der Waals surface area contributed by atoms with E-state index in [0.29, 0.717) is 17.3 Å². The summed E-state index contributed by atoms with van der Waals surface area (Å²) in [5.41, 5.74) is 6.03. The molecule has 17 heavy (non-hydrogen) atoms. The van der Waals surface area contributed by atoms with Gasteiger partial charge in [-0.25, -0.2) is 0 Å². The number of aromatic amines is 1. The summed E-state index contributed by atoms with van der Waals surface area (Å²) in [4.78, 5) is 11.8. The van der Waals surface area contributed by atoms with Gasteiger partial charge in [0.1, 0.15) is 11.4 Å². The van der Waals surface area contributed by atoms with Crippen LogP contribution in [0.25, 0.3) is 0 Å². The van der Waals surface area contributed by atoms with Crippen LogP contribution in [-0.2, 0) is 0 Å². The largest absolute Gasteiger partial charge is 0.383 e. The zero-order valence-electron chi connectivity index (χ0n) is 10.2. The summed E-state index contributed by atoms with van der Waals surface area (Å²) in [6.45, 7) is 3.02. The molecule has 0 saturated heterocycles. The number of nitrogen functional groups attached to an aromatic ring is 1. The van der Waals surface area contributed by atoms with Crippen LogP contribution in [0.4, 0.5) is 5.82 Å². The molecule has 1 saturated carbocycles. The molecule has 1 aliphatic carbocycles. The van der Waals surface area contributed by atoms with Crippen molar-refractivity contribution in [2.24, 2.45) is 11.8 Å². The van der Waals surface area contributed by atoms with Gasteiger partial charge in [-0.1, -0.05) is 19.8 Å². The lowest BCUT2D eigenvalue weighted by Gasteiger charge is -2.26. The van der Waals surface area contributed by atoms with Gasteiger partial charge in [0, 0.05) is 6.54 Å². The fraction of sp³-hybridized carbons (Fsp3) is 0.667. The number of amides is 1. The van der Waals surface area contributed by atoms with Crippen LogP contribution >= 0.6 is 0 Å². The van der Waals surface area contributed by atoms with Crippen LogP contribution in [0.5, 0.6) is 0 Å². The van der Waals surface area contributed by atoms with Crippen molar-refractivity contribution in [1.29, 1.82) is 0 Å². The highest BCUT2D eigenvalue weighted by Crippen LogP contribution is 2.27. The molecule has 1 aromatic heterocycles. The molecule has 94 valence electrons. The number of H-pyrrole nitrogens is 1. The highest BCUT2D eigenvalue weighted by Gasteiger charge is 2.20. The number of carbonyl (C=O) groups is 1. The second kappa shape index (κ2) is 5.21. The van der Waals surface area contributed by atoms with Gasteiger partial charge in [-0.05, 0) is 24.7 Å². The summed E-state index contributed by atoms with van der Waals surface area (Å²) in [5.74, 6) is 1.59. The average molecular weight is 236 g/mol. The number of hydrogen-bond donors (Lipinski definition) is 3. The van der Waals surface area contributed by atoms with Crippen LogP contribution in [0.1, 0.15) is 43.0 Å². The van der Waals surface area contributed by atoms with Crippen molar-refractivity contribution >= 4 is 11.7 Å². The lowest BCUT2D eigenvalue weighted by Crippen LogP contribution is -2.31. The molecule has 0 aromatic carbocycles. The summed E-state index contributed by atoms with van der Waals surface area (Å²) < 4.78 is 0. The van der Waals surface area contributed by atoms with Crippen LogP contribution in [0.15, 0.2) is 6.20 Å². The second-order valence-electron chi connectivity index (χ2n) is 5.05. The molecule has 5 heteroatoms. The van der Waals surface area contributed by atoms with Crippen molar-refractivity contribution in [3.63, 3.8) is 0 Å².